The summed E-state index contributed by atoms with van der Waals surface area (Å²) in [6.45, 7) is 8.19. The van der Waals surface area contributed by atoms with Gasteiger partial charge in [0.05, 0.1) is 21.8 Å². The van der Waals surface area contributed by atoms with Crippen molar-refractivity contribution in [3.8, 4) is 0 Å². The van der Waals surface area contributed by atoms with Crippen molar-refractivity contribution in [2.24, 2.45) is 0 Å². The number of nitrogens with zero attached hydrogens (tertiary/aromatic N) is 3. The van der Waals surface area contributed by atoms with Gasteiger partial charge in [-0.05, 0) is 76.8 Å². The van der Waals surface area contributed by atoms with Crippen molar-refractivity contribution in [2.45, 2.75) is 94.8 Å². The Labute approximate surface area is 345 Å². The number of unbranched alkanes of at least 4 members (excludes halogenated alkanes) is 1. The zero-order valence-corrected chi connectivity index (χ0v) is 35.8. The number of amides is 2. The number of carbonyl (C=O) groups is 3. The lowest BCUT2D eigenvalue weighted by atomic mass is 9.76. The molecule has 1 atom stereocenters. The number of benzene rings is 2. The molecule has 0 bridgehead atoms. The van der Waals surface area contributed by atoms with Crippen LogP contribution < -0.4 is 4.90 Å². The summed E-state index contributed by atoms with van der Waals surface area (Å²) in [5, 5.41) is 0.526. The number of hydrogen-bond donors (Lipinski definition) is 3. The number of carbonyl (C=O) groups excluding carboxylic acids is 3. The van der Waals surface area contributed by atoms with Gasteiger partial charge in [-0.25, -0.2) is 4.79 Å². The van der Waals surface area contributed by atoms with Crippen LogP contribution in [-0.2, 0) is 60.4 Å². The largest absolute Gasteiger partial charge is 0.344 e. The predicted octanol–water partition coefficient (Wildman–Crippen LogP) is 5.12. The van der Waals surface area contributed by atoms with Crippen LogP contribution in [0.25, 0.3) is 0 Å². The second-order valence-electron chi connectivity index (χ2n) is 15.6. The highest BCUT2D eigenvalue weighted by Gasteiger charge is 2.45. The van der Waals surface area contributed by atoms with Crippen LogP contribution in [0.5, 0.6) is 0 Å². The van der Waals surface area contributed by atoms with Gasteiger partial charge in [0.25, 0.3) is 42.2 Å². The maximum atomic E-state index is 12.5. The lowest BCUT2D eigenvalue weighted by molar-refractivity contribution is -0.437. The second kappa shape index (κ2) is 17.6. The first kappa shape index (κ1) is 45.6. The second-order valence-corrected chi connectivity index (χ2v) is 20.2. The molecule has 2 amide bonds. The third-order valence-corrected chi connectivity index (χ3v) is 13.3. The Hall–Kier alpha value is -4.53. The molecule has 0 radical (unpaired) electrons. The van der Waals surface area contributed by atoms with Gasteiger partial charge >= 0.3 is 5.97 Å². The Kier molecular flexibility index (Phi) is 13.6. The molecule has 16 nitrogen and oxygen atoms in total. The van der Waals surface area contributed by atoms with E-state index in [9.17, 15) is 53.3 Å². The van der Waals surface area contributed by atoms with Crippen LogP contribution >= 0.6 is 0 Å². The van der Waals surface area contributed by atoms with E-state index in [1.54, 1.807) is 18.2 Å². The number of anilines is 1. The smallest absolute Gasteiger partial charge is 0.333 e. The molecule has 2 aromatic carbocycles. The predicted molar refractivity (Wildman–Crippen MR) is 219 cm³/mol. The van der Waals surface area contributed by atoms with Crippen LogP contribution in [0.1, 0.15) is 88.8 Å². The van der Waals surface area contributed by atoms with Gasteiger partial charge in [-0.3, -0.25) is 23.2 Å². The number of rotatable bonds is 18. The fraction of sp³-hybridized carbons (Fsp3) is 0.450. The van der Waals surface area contributed by atoms with E-state index < -0.39 is 70.5 Å². The molecule has 3 aliphatic rings. The SMILES string of the molecule is Cc1ccc2c(c1)C(C)(CCCCC(=O)ON1C(=O)CCC1=O)C(=CC=CC=CC1=[N+](CCCS(=O)(=O)O)c3ccc(S(=O)(=O)O)cc3C1(C)C)N2CCCS(=O)(=O)O. The van der Waals surface area contributed by atoms with E-state index in [0.29, 0.717) is 41.3 Å². The third kappa shape index (κ3) is 10.8. The maximum absolute atomic E-state index is 12.5. The van der Waals surface area contributed by atoms with Gasteiger partial charge in [0, 0.05) is 66.7 Å². The van der Waals surface area contributed by atoms with E-state index in [1.807, 2.05) is 60.6 Å². The van der Waals surface area contributed by atoms with E-state index in [1.165, 1.54) is 12.1 Å². The van der Waals surface area contributed by atoms with Gasteiger partial charge in [-0.2, -0.15) is 29.8 Å². The van der Waals surface area contributed by atoms with E-state index in [2.05, 4.69) is 13.0 Å². The van der Waals surface area contributed by atoms with Crippen LogP contribution in [0.4, 0.5) is 11.4 Å². The van der Waals surface area contributed by atoms with Gasteiger partial charge in [-0.1, -0.05) is 42.3 Å². The number of fused-ring (bicyclic) bond motifs is 2. The summed E-state index contributed by atoms with van der Waals surface area (Å²) in [4.78, 5) is 43.1. The van der Waals surface area contributed by atoms with E-state index in [4.69, 9.17) is 4.84 Å². The molecule has 0 spiro atoms. The quantitative estimate of drug-likeness (QED) is 0.0581. The molecule has 19 heteroatoms. The van der Waals surface area contributed by atoms with E-state index >= 15 is 0 Å². The Morgan fingerprint density at radius 1 is 0.831 bits per heavy atom. The Morgan fingerprint density at radius 2 is 1.49 bits per heavy atom. The molecule has 1 saturated heterocycles. The molecule has 3 aliphatic heterocycles. The average molecular weight is 877 g/mol. The minimum Gasteiger partial charge on any atom is -0.344 e. The van der Waals surface area contributed by atoms with Crippen LogP contribution in [0, 0.1) is 6.92 Å². The van der Waals surface area contributed by atoms with Gasteiger partial charge in [0.1, 0.15) is 6.54 Å². The van der Waals surface area contributed by atoms with E-state index in [0.717, 1.165) is 22.5 Å². The average Bonchev–Trinajstić information content (AvgIpc) is 3.64. The number of hydrogen-bond acceptors (Lipinski definition) is 11. The number of aryl methyl sites for hydroxylation is 1. The molecule has 3 N–H and O–H groups in total. The number of hydroxylamine groups is 2. The summed E-state index contributed by atoms with van der Waals surface area (Å²) >= 11 is 0. The number of imide groups is 1. The highest BCUT2D eigenvalue weighted by molar-refractivity contribution is 7.86. The van der Waals surface area contributed by atoms with Crippen molar-refractivity contribution in [1.29, 1.82) is 0 Å². The molecular weight excluding hydrogens is 827 g/mol. The van der Waals surface area contributed by atoms with Gasteiger partial charge in [0.2, 0.25) is 5.69 Å². The Balaban J connectivity index is 1.44. The van der Waals surface area contributed by atoms with Crippen molar-refractivity contribution < 1.29 is 62.7 Å². The fourth-order valence-electron chi connectivity index (χ4n) is 7.95. The monoisotopic (exact) mass is 876 g/mol. The molecular formula is C40H50N3O13S3+. The highest BCUT2D eigenvalue weighted by atomic mass is 32.2. The molecule has 2 aromatic rings. The summed E-state index contributed by atoms with van der Waals surface area (Å²) in [5.74, 6) is -2.74. The number of allylic oxidation sites excluding steroid dienone is 6. The van der Waals surface area contributed by atoms with Crippen molar-refractivity contribution in [2.75, 3.05) is 29.5 Å². The van der Waals surface area contributed by atoms with Gasteiger partial charge < -0.3 is 9.74 Å². The Bertz CT molecular complexity index is 2470. The minimum atomic E-state index is -4.51. The first-order valence-corrected chi connectivity index (χ1v) is 23.8. The fourth-order valence-corrected chi connectivity index (χ4v) is 9.44. The summed E-state index contributed by atoms with van der Waals surface area (Å²) in [7, 11) is -13.0. The molecule has 0 aliphatic carbocycles. The zero-order chi connectivity index (χ0) is 43.6. The first-order valence-electron chi connectivity index (χ1n) is 19.1. The molecule has 1 unspecified atom stereocenters. The Morgan fingerprint density at radius 3 is 2.14 bits per heavy atom. The molecule has 0 saturated carbocycles. The van der Waals surface area contributed by atoms with Crippen molar-refractivity contribution >= 4 is 65.2 Å². The van der Waals surface area contributed by atoms with Crippen molar-refractivity contribution in [1.82, 2.24) is 5.06 Å². The summed E-state index contributed by atoms with van der Waals surface area (Å²) < 4.78 is 101. The topological polar surface area (TPSA) is 233 Å². The van der Waals surface area contributed by atoms with Crippen LogP contribution in [-0.4, -0.2) is 96.6 Å². The molecule has 0 aromatic heterocycles. The van der Waals surface area contributed by atoms with E-state index in [-0.39, 0.29) is 50.1 Å². The lowest BCUT2D eigenvalue weighted by Crippen LogP contribution is -2.32. The van der Waals surface area contributed by atoms with Gasteiger partial charge in [-0.15, -0.1) is 5.06 Å². The highest BCUT2D eigenvalue weighted by Crippen LogP contribution is 2.51. The summed E-state index contributed by atoms with van der Waals surface area (Å²) in [5.41, 5.74) is 4.16. The first-order chi connectivity index (χ1) is 27.4. The van der Waals surface area contributed by atoms with Crippen LogP contribution in [0.15, 0.2) is 77.4 Å². The van der Waals surface area contributed by atoms with Crippen LogP contribution in [0.2, 0.25) is 0 Å². The normalized spacial score (nSPS) is 20.2. The molecule has 320 valence electrons. The molecule has 1 fully saturated rings. The maximum Gasteiger partial charge on any atom is 0.333 e. The van der Waals surface area contributed by atoms with Crippen molar-refractivity contribution in [3.63, 3.8) is 0 Å². The minimum absolute atomic E-state index is 0.00634. The summed E-state index contributed by atoms with van der Waals surface area (Å²) in [6.07, 6.45) is 10.7. The molecule has 3 heterocycles. The molecule has 59 heavy (non-hydrogen) atoms. The van der Waals surface area contributed by atoms with Crippen molar-refractivity contribution in [3.05, 3.63) is 89.2 Å². The third-order valence-electron chi connectivity index (χ3n) is 10.9. The lowest BCUT2D eigenvalue weighted by Gasteiger charge is -2.30. The van der Waals surface area contributed by atoms with Crippen LogP contribution in [0.3, 0.4) is 0 Å². The molecule has 5 rings (SSSR count). The summed E-state index contributed by atoms with van der Waals surface area (Å²) in [6, 6.07) is 10.2. The zero-order valence-electron chi connectivity index (χ0n) is 33.3. The van der Waals surface area contributed by atoms with Gasteiger partial charge in [0.15, 0.2) is 5.71 Å². The standard InChI is InChI=1S/C40H49N3O13S3/c1-28-15-17-33-31(26-28)40(4,21-9-8-14-38(46)56-43-36(44)19-20-37(43)45)35(42(33)23-11-25-58(50,51)52)13-7-5-6-12-34-39(2,3)30-27-29(59(53,54)55)16-18-32(30)41(34)22-10-24-57(47,48)49/h5-7,12-13,15-18,26-27H,8-11,14,19-25H2,1-4H3,(H2-,47,48,49,50,51,52,53,54,55)/p+1.